The molecule has 18 heavy (non-hydrogen) atoms. The summed E-state index contributed by atoms with van der Waals surface area (Å²) in [5.41, 5.74) is 6.60. The quantitative estimate of drug-likeness (QED) is 0.829. The minimum atomic E-state index is -1.000. The molecule has 1 aromatic carbocycles. The molecule has 1 aliphatic carbocycles. The van der Waals surface area contributed by atoms with Crippen LogP contribution in [-0.2, 0) is 4.79 Å². The normalized spacial score (nSPS) is 14.3. The van der Waals surface area contributed by atoms with Gasteiger partial charge in [0.1, 0.15) is 6.54 Å². The number of benzene rings is 1. The van der Waals surface area contributed by atoms with E-state index >= 15 is 0 Å². The van der Waals surface area contributed by atoms with Crippen LogP contribution in [0.2, 0.25) is 0 Å². The van der Waals surface area contributed by atoms with Gasteiger partial charge in [-0.05, 0) is 47.0 Å². The van der Waals surface area contributed by atoms with Crippen LogP contribution in [0.4, 0.5) is 5.69 Å². The van der Waals surface area contributed by atoms with Crippen LogP contribution in [0.25, 0.3) is 0 Å². The van der Waals surface area contributed by atoms with Gasteiger partial charge in [-0.15, -0.1) is 0 Å². The van der Waals surface area contributed by atoms with Crippen molar-refractivity contribution in [3.63, 3.8) is 0 Å². The Morgan fingerprint density at radius 1 is 1.44 bits per heavy atom. The van der Waals surface area contributed by atoms with Gasteiger partial charge in [-0.2, -0.15) is 0 Å². The van der Waals surface area contributed by atoms with E-state index in [1.54, 1.807) is 18.2 Å². The first kappa shape index (κ1) is 12.9. The van der Waals surface area contributed by atoms with Gasteiger partial charge < -0.3 is 15.7 Å². The number of carboxylic acid groups (broad SMARTS) is 1. The lowest BCUT2D eigenvalue weighted by molar-refractivity contribution is -0.137. The highest BCUT2D eigenvalue weighted by Crippen LogP contribution is 2.29. The number of anilines is 1. The van der Waals surface area contributed by atoms with Crippen molar-refractivity contribution >= 4 is 33.5 Å². The number of amides is 1. The molecule has 0 bridgehead atoms. The third-order valence-electron chi connectivity index (χ3n) is 2.80. The molecule has 0 radical (unpaired) electrons. The van der Waals surface area contributed by atoms with Crippen LogP contribution in [-0.4, -0.2) is 34.5 Å². The Bertz CT molecular complexity index is 500. The Labute approximate surface area is 113 Å². The van der Waals surface area contributed by atoms with Crippen molar-refractivity contribution in [3.05, 3.63) is 28.2 Å². The van der Waals surface area contributed by atoms with E-state index < -0.39 is 5.97 Å². The number of carbonyl (C=O) groups is 2. The van der Waals surface area contributed by atoms with Crippen LogP contribution in [0.15, 0.2) is 22.7 Å². The fourth-order valence-electron chi connectivity index (χ4n) is 1.74. The number of nitrogen functional groups attached to an aromatic ring is 1. The lowest BCUT2D eigenvalue weighted by atomic mass is 10.1. The Morgan fingerprint density at radius 3 is 2.61 bits per heavy atom. The predicted molar refractivity (Wildman–Crippen MR) is 70.2 cm³/mol. The predicted octanol–water partition coefficient (Wildman–Crippen LogP) is 1.72. The molecular formula is C12H13BrN2O3. The van der Waals surface area contributed by atoms with Gasteiger partial charge in [0.2, 0.25) is 0 Å². The molecule has 2 rings (SSSR count). The van der Waals surface area contributed by atoms with Crippen LogP contribution in [0.5, 0.6) is 0 Å². The van der Waals surface area contributed by atoms with Gasteiger partial charge in [-0.3, -0.25) is 9.59 Å². The summed E-state index contributed by atoms with van der Waals surface area (Å²) in [6.45, 7) is -0.264. The van der Waals surface area contributed by atoms with Gasteiger partial charge in [0.15, 0.2) is 0 Å². The monoisotopic (exact) mass is 312 g/mol. The van der Waals surface area contributed by atoms with Gasteiger partial charge in [-0.1, -0.05) is 0 Å². The molecule has 1 aliphatic rings. The Balaban J connectivity index is 2.21. The first-order valence-electron chi connectivity index (χ1n) is 5.57. The van der Waals surface area contributed by atoms with Gasteiger partial charge in [0.05, 0.1) is 0 Å². The maximum atomic E-state index is 12.2. The van der Waals surface area contributed by atoms with Crippen molar-refractivity contribution < 1.29 is 14.7 Å². The third kappa shape index (κ3) is 2.81. The topological polar surface area (TPSA) is 83.6 Å². The maximum Gasteiger partial charge on any atom is 0.323 e. The number of hydrogen-bond donors (Lipinski definition) is 2. The lowest BCUT2D eigenvalue weighted by Crippen LogP contribution is -2.37. The Kier molecular flexibility index (Phi) is 3.56. The Hall–Kier alpha value is -1.56. The molecule has 3 N–H and O–H groups in total. The number of aliphatic carboxylic acids is 1. The number of nitrogens with two attached hydrogens (primary N) is 1. The highest BCUT2D eigenvalue weighted by atomic mass is 79.9. The summed E-state index contributed by atoms with van der Waals surface area (Å²) in [4.78, 5) is 24.4. The second-order valence-electron chi connectivity index (χ2n) is 4.29. The molecule has 0 aliphatic heterocycles. The molecule has 0 unspecified atom stereocenters. The lowest BCUT2D eigenvalue weighted by Gasteiger charge is -2.20. The second-order valence-corrected chi connectivity index (χ2v) is 5.15. The van der Waals surface area contributed by atoms with Gasteiger partial charge >= 0.3 is 5.97 Å². The van der Waals surface area contributed by atoms with Gasteiger partial charge in [-0.25, -0.2) is 0 Å². The van der Waals surface area contributed by atoms with Crippen molar-refractivity contribution in [1.29, 1.82) is 0 Å². The zero-order chi connectivity index (χ0) is 13.3. The van der Waals surface area contributed by atoms with Crippen LogP contribution < -0.4 is 5.73 Å². The minimum absolute atomic E-state index is 0.0541. The molecule has 1 saturated carbocycles. The average Bonchev–Trinajstić information content (AvgIpc) is 3.12. The largest absolute Gasteiger partial charge is 0.480 e. The van der Waals surface area contributed by atoms with Gasteiger partial charge in [0.25, 0.3) is 5.91 Å². The summed E-state index contributed by atoms with van der Waals surface area (Å²) in [7, 11) is 0. The molecule has 0 spiro atoms. The number of rotatable bonds is 4. The van der Waals surface area contributed by atoms with E-state index in [9.17, 15) is 9.59 Å². The maximum absolute atomic E-state index is 12.2. The van der Waals surface area contributed by atoms with Crippen LogP contribution >= 0.6 is 15.9 Å². The average molecular weight is 313 g/mol. The summed E-state index contributed by atoms with van der Waals surface area (Å²) in [6.07, 6.45) is 1.73. The molecule has 1 amide bonds. The standard InChI is InChI=1S/C12H13BrN2O3/c13-9-4-1-7(5-10(9)14)12(18)15(6-11(16)17)8-2-3-8/h1,4-5,8H,2-3,6,14H2,(H,16,17). The minimum Gasteiger partial charge on any atom is -0.480 e. The zero-order valence-electron chi connectivity index (χ0n) is 9.60. The number of halogens is 1. The molecule has 6 heteroatoms. The Morgan fingerprint density at radius 2 is 2.11 bits per heavy atom. The van der Waals surface area contributed by atoms with E-state index in [1.165, 1.54) is 4.90 Å². The molecule has 96 valence electrons. The summed E-state index contributed by atoms with van der Waals surface area (Å²) < 4.78 is 0.718. The number of hydrogen-bond acceptors (Lipinski definition) is 3. The molecule has 0 aromatic heterocycles. The molecule has 1 fully saturated rings. The van der Waals surface area contributed by atoms with Crippen LogP contribution in [0, 0.1) is 0 Å². The van der Waals surface area contributed by atoms with Crippen molar-refractivity contribution in [2.24, 2.45) is 0 Å². The van der Waals surface area contributed by atoms with Crippen molar-refractivity contribution in [1.82, 2.24) is 4.90 Å². The number of carboxylic acids is 1. The first-order valence-corrected chi connectivity index (χ1v) is 6.36. The molecule has 0 atom stereocenters. The van der Waals surface area contributed by atoms with E-state index in [2.05, 4.69) is 15.9 Å². The zero-order valence-corrected chi connectivity index (χ0v) is 11.2. The van der Waals surface area contributed by atoms with Crippen molar-refractivity contribution in [2.45, 2.75) is 18.9 Å². The van der Waals surface area contributed by atoms with Crippen LogP contribution in [0.1, 0.15) is 23.2 Å². The van der Waals surface area contributed by atoms with E-state index in [-0.39, 0.29) is 18.5 Å². The summed E-state index contributed by atoms with van der Waals surface area (Å²) >= 11 is 3.25. The molecule has 1 aromatic rings. The summed E-state index contributed by atoms with van der Waals surface area (Å²) in [5.74, 6) is -1.28. The van der Waals surface area contributed by atoms with Crippen molar-refractivity contribution in [2.75, 3.05) is 12.3 Å². The SMILES string of the molecule is Nc1cc(C(=O)N(CC(=O)O)C2CC2)ccc1Br. The second kappa shape index (κ2) is 4.97. The fraction of sp³-hybridized carbons (Fsp3) is 0.333. The van der Waals surface area contributed by atoms with E-state index in [0.29, 0.717) is 11.3 Å². The molecule has 0 heterocycles. The number of carbonyl (C=O) groups excluding carboxylic acids is 1. The molecular weight excluding hydrogens is 300 g/mol. The molecule has 5 nitrogen and oxygen atoms in total. The van der Waals surface area contributed by atoms with E-state index in [0.717, 1.165) is 17.3 Å². The fourth-order valence-corrected chi connectivity index (χ4v) is 1.99. The summed E-state index contributed by atoms with van der Waals surface area (Å²) in [5, 5.41) is 8.83. The van der Waals surface area contributed by atoms with Crippen LogP contribution in [0.3, 0.4) is 0 Å². The first-order chi connectivity index (χ1) is 8.49. The third-order valence-corrected chi connectivity index (χ3v) is 3.52. The smallest absolute Gasteiger partial charge is 0.323 e. The van der Waals surface area contributed by atoms with Gasteiger partial charge in [0, 0.05) is 21.8 Å². The van der Waals surface area contributed by atoms with E-state index in [1.807, 2.05) is 0 Å². The van der Waals surface area contributed by atoms with Crippen molar-refractivity contribution in [3.8, 4) is 0 Å². The highest BCUT2D eigenvalue weighted by molar-refractivity contribution is 9.10. The van der Waals surface area contributed by atoms with E-state index in [4.69, 9.17) is 10.8 Å². The summed E-state index contributed by atoms with van der Waals surface area (Å²) in [6, 6.07) is 4.94. The highest BCUT2D eigenvalue weighted by Gasteiger charge is 2.34. The molecule has 0 saturated heterocycles. The number of nitrogens with zero attached hydrogens (tertiary/aromatic N) is 1.